The van der Waals surface area contributed by atoms with Gasteiger partial charge in [-0.1, -0.05) is 6.07 Å². The minimum Gasteiger partial charge on any atom is -0.469 e. The topological polar surface area (TPSA) is 85.3 Å². The Kier molecular flexibility index (Phi) is 4.94. The lowest BCUT2D eigenvalue weighted by atomic mass is 10.0. The van der Waals surface area contributed by atoms with E-state index in [-0.39, 0.29) is 29.7 Å². The number of carbonyl (C=O) groups excluding carboxylic acids is 1. The molecule has 0 aliphatic rings. The Balaban J connectivity index is 3.28. The third-order valence-electron chi connectivity index (χ3n) is 2.38. The Labute approximate surface area is 112 Å². The van der Waals surface area contributed by atoms with Gasteiger partial charge >= 0.3 is 12.3 Å². The number of halogens is 3. The first kappa shape index (κ1) is 15.8. The lowest BCUT2D eigenvalue weighted by Crippen LogP contribution is -2.19. The van der Waals surface area contributed by atoms with Crippen molar-refractivity contribution in [2.75, 3.05) is 7.11 Å². The van der Waals surface area contributed by atoms with Gasteiger partial charge in [0.05, 0.1) is 19.1 Å². The van der Waals surface area contributed by atoms with Gasteiger partial charge in [0.2, 0.25) is 0 Å². The third-order valence-corrected chi connectivity index (χ3v) is 2.38. The number of ether oxygens (including phenoxy) is 2. The van der Waals surface area contributed by atoms with Crippen LogP contribution in [0.15, 0.2) is 12.1 Å². The van der Waals surface area contributed by atoms with Gasteiger partial charge in [0.25, 0.3) is 0 Å². The molecular weight excluding hydrogens is 277 g/mol. The third kappa shape index (κ3) is 4.13. The number of methoxy groups -OCH3 is 1. The second-order valence-electron chi connectivity index (χ2n) is 3.74. The van der Waals surface area contributed by atoms with Gasteiger partial charge in [0, 0.05) is 6.54 Å². The van der Waals surface area contributed by atoms with Crippen LogP contribution in [-0.2, 0) is 22.5 Å². The molecular formula is C12H11F3N2O3. The number of esters is 1. The molecule has 108 valence electrons. The molecule has 1 aromatic rings. The van der Waals surface area contributed by atoms with E-state index in [2.05, 4.69) is 9.47 Å². The number of hydrogen-bond donors (Lipinski definition) is 1. The van der Waals surface area contributed by atoms with Crippen LogP contribution in [0.1, 0.15) is 16.7 Å². The Bertz CT molecular complexity index is 550. The average molecular weight is 288 g/mol. The zero-order chi connectivity index (χ0) is 15.3. The maximum Gasteiger partial charge on any atom is 0.573 e. The van der Waals surface area contributed by atoms with Crippen LogP contribution in [0.3, 0.4) is 0 Å². The van der Waals surface area contributed by atoms with Crippen LogP contribution in [0, 0.1) is 11.3 Å². The van der Waals surface area contributed by atoms with E-state index in [9.17, 15) is 18.0 Å². The van der Waals surface area contributed by atoms with Crippen LogP contribution in [0.5, 0.6) is 5.75 Å². The highest BCUT2D eigenvalue weighted by atomic mass is 19.4. The Morgan fingerprint density at radius 3 is 2.55 bits per heavy atom. The maximum atomic E-state index is 12.3. The maximum absolute atomic E-state index is 12.3. The van der Waals surface area contributed by atoms with Crippen LogP contribution < -0.4 is 10.5 Å². The van der Waals surface area contributed by atoms with Crippen LogP contribution in [0.25, 0.3) is 0 Å². The molecule has 0 aliphatic heterocycles. The molecule has 0 radical (unpaired) electrons. The molecule has 0 saturated heterocycles. The number of nitriles is 1. The van der Waals surface area contributed by atoms with E-state index in [0.717, 1.165) is 13.2 Å². The summed E-state index contributed by atoms with van der Waals surface area (Å²) in [4.78, 5) is 11.2. The minimum atomic E-state index is -4.94. The number of hydrogen-bond acceptors (Lipinski definition) is 5. The molecule has 0 spiro atoms. The molecule has 0 atom stereocenters. The fraction of sp³-hybridized carbons (Fsp3) is 0.333. The molecule has 0 aliphatic carbocycles. The lowest BCUT2D eigenvalue weighted by molar-refractivity contribution is -0.274. The van der Waals surface area contributed by atoms with Gasteiger partial charge < -0.3 is 15.2 Å². The van der Waals surface area contributed by atoms with Gasteiger partial charge in [-0.05, 0) is 17.2 Å². The van der Waals surface area contributed by atoms with Crippen molar-refractivity contribution >= 4 is 5.97 Å². The highest BCUT2D eigenvalue weighted by Crippen LogP contribution is 2.30. The number of alkyl halides is 3. The second kappa shape index (κ2) is 6.25. The molecule has 0 aromatic heterocycles. The first-order valence-electron chi connectivity index (χ1n) is 5.39. The monoisotopic (exact) mass is 288 g/mol. The van der Waals surface area contributed by atoms with Gasteiger partial charge in [0.1, 0.15) is 11.8 Å². The second-order valence-corrected chi connectivity index (χ2v) is 3.74. The predicted molar refractivity (Wildman–Crippen MR) is 61.5 cm³/mol. The first-order chi connectivity index (χ1) is 9.30. The van der Waals surface area contributed by atoms with Gasteiger partial charge in [-0.3, -0.25) is 4.79 Å². The van der Waals surface area contributed by atoms with Crippen molar-refractivity contribution in [1.29, 1.82) is 5.26 Å². The van der Waals surface area contributed by atoms with Crippen molar-refractivity contribution in [3.63, 3.8) is 0 Å². The summed E-state index contributed by atoms with van der Waals surface area (Å²) in [5.74, 6) is -1.31. The summed E-state index contributed by atoms with van der Waals surface area (Å²) in [7, 11) is 1.16. The highest BCUT2D eigenvalue weighted by Gasteiger charge is 2.33. The van der Waals surface area contributed by atoms with E-state index in [4.69, 9.17) is 11.0 Å². The van der Waals surface area contributed by atoms with Crippen molar-refractivity contribution in [1.82, 2.24) is 0 Å². The summed E-state index contributed by atoms with van der Waals surface area (Å²) in [6.07, 6.45) is -5.19. The van der Waals surface area contributed by atoms with Crippen molar-refractivity contribution in [3.05, 3.63) is 28.8 Å². The van der Waals surface area contributed by atoms with Crippen LogP contribution >= 0.6 is 0 Å². The zero-order valence-corrected chi connectivity index (χ0v) is 10.5. The van der Waals surface area contributed by atoms with Gasteiger partial charge in [0.15, 0.2) is 0 Å². The van der Waals surface area contributed by atoms with Gasteiger partial charge in [-0.25, -0.2) is 0 Å². The van der Waals surface area contributed by atoms with Crippen molar-refractivity contribution in [2.24, 2.45) is 5.73 Å². The summed E-state index contributed by atoms with van der Waals surface area (Å²) in [6, 6.07) is 3.96. The molecule has 20 heavy (non-hydrogen) atoms. The first-order valence-corrected chi connectivity index (χ1v) is 5.39. The molecule has 0 heterocycles. The van der Waals surface area contributed by atoms with Crippen LogP contribution in [-0.4, -0.2) is 19.4 Å². The Hall–Kier alpha value is -2.27. The molecule has 0 amide bonds. The zero-order valence-electron chi connectivity index (χ0n) is 10.5. The van der Waals surface area contributed by atoms with Gasteiger partial charge in [-0.15, -0.1) is 13.2 Å². The number of rotatable bonds is 4. The largest absolute Gasteiger partial charge is 0.573 e. The van der Waals surface area contributed by atoms with E-state index >= 15 is 0 Å². The molecule has 0 saturated carbocycles. The molecule has 1 aromatic carbocycles. The van der Waals surface area contributed by atoms with Crippen molar-refractivity contribution in [2.45, 2.75) is 19.3 Å². The van der Waals surface area contributed by atoms with E-state index in [0.29, 0.717) is 0 Å². The number of carbonyl (C=O) groups is 1. The summed E-state index contributed by atoms with van der Waals surface area (Å²) in [5, 5.41) is 8.90. The van der Waals surface area contributed by atoms with Gasteiger partial charge in [-0.2, -0.15) is 5.26 Å². The molecule has 2 N–H and O–H groups in total. The highest BCUT2D eigenvalue weighted by molar-refractivity contribution is 5.73. The summed E-state index contributed by atoms with van der Waals surface area (Å²) < 4.78 is 45.1. The molecule has 8 heteroatoms. The predicted octanol–water partition coefficient (Wildman–Crippen LogP) is 1.63. The average Bonchev–Trinajstić information content (AvgIpc) is 2.36. The summed E-state index contributed by atoms with van der Waals surface area (Å²) >= 11 is 0. The van der Waals surface area contributed by atoms with E-state index in [1.807, 2.05) is 0 Å². The number of nitrogens with zero attached hydrogens (tertiary/aromatic N) is 1. The molecule has 0 bridgehead atoms. The lowest BCUT2D eigenvalue weighted by Gasteiger charge is -2.14. The van der Waals surface area contributed by atoms with E-state index in [1.54, 1.807) is 6.07 Å². The van der Waals surface area contributed by atoms with Crippen LogP contribution in [0.2, 0.25) is 0 Å². The Morgan fingerprint density at radius 2 is 2.10 bits per heavy atom. The molecule has 0 fully saturated rings. The van der Waals surface area contributed by atoms with Crippen molar-refractivity contribution < 1.29 is 27.4 Å². The van der Waals surface area contributed by atoms with Crippen molar-refractivity contribution in [3.8, 4) is 11.8 Å². The normalized spacial score (nSPS) is 10.8. The summed E-state index contributed by atoms with van der Waals surface area (Å²) in [5.41, 5.74) is 5.46. The fourth-order valence-electron chi connectivity index (χ4n) is 1.57. The molecule has 5 nitrogen and oxygen atoms in total. The summed E-state index contributed by atoms with van der Waals surface area (Å²) in [6.45, 7) is -0.161. The van der Waals surface area contributed by atoms with E-state index in [1.165, 1.54) is 6.07 Å². The fourth-order valence-corrected chi connectivity index (χ4v) is 1.57. The number of nitrogens with two attached hydrogens (primary N) is 1. The quantitative estimate of drug-likeness (QED) is 0.851. The van der Waals surface area contributed by atoms with E-state index < -0.39 is 18.1 Å². The minimum absolute atomic E-state index is 0.160. The number of benzene rings is 1. The molecule has 0 unspecified atom stereocenters. The molecule has 1 rings (SSSR count). The Morgan fingerprint density at radius 1 is 1.45 bits per heavy atom. The van der Waals surface area contributed by atoms with Crippen LogP contribution in [0.4, 0.5) is 13.2 Å². The standard InChI is InChI=1S/C12H11F3N2O3/c1-19-11(18)4-7-2-8(5-16)9(6-17)10(3-7)20-12(13,14)15/h2-3H,4-5,16H2,1H3. The SMILES string of the molecule is COC(=O)Cc1cc(CN)c(C#N)c(OC(F)(F)F)c1. The smallest absolute Gasteiger partial charge is 0.469 e.